The number of ether oxygens (including phenoxy) is 3. The number of carbonyl (C=O) groups is 2. The molecule has 2 fully saturated rings. The van der Waals surface area contributed by atoms with Gasteiger partial charge in [0, 0.05) is 12.6 Å². The lowest BCUT2D eigenvalue weighted by Gasteiger charge is -2.37. The van der Waals surface area contributed by atoms with Crippen molar-refractivity contribution in [3.8, 4) is 0 Å². The van der Waals surface area contributed by atoms with E-state index in [9.17, 15) is 9.59 Å². The number of carbonyl (C=O) groups excluding carboxylic acids is 2. The molecule has 0 aromatic carbocycles. The van der Waals surface area contributed by atoms with Gasteiger partial charge in [0.2, 0.25) is 0 Å². The fourth-order valence-corrected chi connectivity index (χ4v) is 5.23. The van der Waals surface area contributed by atoms with Gasteiger partial charge in [-0.3, -0.25) is 4.90 Å². The second-order valence-electron chi connectivity index (χ2n) is 12.4. The summed E-state index contributed by atoms with van der Waals surface area (Å²) < 4.78 is 17.8. The van der Waals surface area contributed by atoms with E-state index < -0.39 is 17.4 Å². The zero-order valence-corrected chi connectivity index (χ0v) is 23.7. The van der Waals surface area contributed by atoms with Gasteiger partial charge in [-0.25, -0.2) is 9.59 Å². The minimum atomic E-state index is -0.792. The summed E-state index contributed by atoms with van der Waals surface area (Å²) in [4.78, 5) is 29.7. The average Bonchev–Trinajstić information content (AvgIpc) is 2.95. The molecule has 1 saturated carbocycles. The van der Waals surface area contributed by atoms with Crippen molar-refractivity contribution in [3.63, 3.8) is 0 Å². The maximum Gasteiger partial charge on any atom is 0.412 e. The Hall–Kier alpha value is -1.54. The lowest BCUT2D eigenvalue weighted by Crippen LogP contribution is -2.51. The van der Waals surface area contributed by atoms with Gasteiger partial charge in [-0.1, -0.05) is 46.0 Å². The van der Waals surface area contributed by atoms with Crippen LogP contribution in [-0.2, 0) is 14.2 Å². The second kappa shape index (κ2) is 12.6. The molecule has 0 aromatic rings. The van der Waals surface area contributed by atoms with Gasteiger partial charge in [0.1, 0.15) is 17.9 Å². The molecule has 3 atom stereocenters. The molecule has 2 aliphatic rings. The zero-order chi connectivity index (χ0) is 26.4. The van der Waals surface area contributed by atoms with Crippen molar-refractivity contribution in [2.45, 2.75) is 123 Å². The van der Waals surface area contributed by atoms with Crippen molar-refractivity contribution in [2.24, 2.45) is 11.8 Å². The van der Waals surface area contributed by atoms with Crippen LogP contribution in [0.3, 0.4) is 0 Å². The summed E-state index contributed by atoms with van der Waals surface area (Å²) in [5.74, 6) is 0.758. The SMILES string of the molecule is CC(C)[C@H](CC1OC(C)(C)N(C(=O)OC(C)(C)C)[C@H]1CC1CCCCC1)NC(=O)OCCN(C)C. The van der Waals surface area contributed by atoms with E-state index in [0.29, 0.717) is 25.5 Å². The van der Waals surface area contributed by atoms with Gasteiger partial charge in [-0.2, -0.15) is 0 Å². The standard InChI is InChI=1S/C27H51N3O5/c1-19(2)21(28-24(31)33-16-15-29(8)9)18-23-22(17-20-13-11-10-12-14-20)30(27(6,7)34-23)25(32)35-26(3,4)5/h19-23H,10-18H2,1-9H3,(H,28,31)/t21-,22-,23?/m0/s1. The first-order valence-electron chi connectivity index (χ1n) is 13.5. The maximum atomic E-state index is 13.4. The van der Waals surface area contributed by atoms with Crippen LogP contribution in [0.2, 0.25) is 0 Å². The maximum absolute atomic E-state index is 13.4. The topological polar surface area (TPSA) is 80.3 Å². The van der Waals surface area contributed by atoms with E-state index in [4.69, 9.17) is 14.2 Å². The number of likely N-dealkylation sites (N-methyl/N-ethyl adjacent to an activating group) is 1. The lowest BCUT2D eigenvalue weighted by molar-refractivity contribution is -0.0816. The summed E-state index contributed by atoms with van der Waals surface area (Å²) >= 11 is 0. The first kappa shape index (κ1) is 29.7. The van der Waals surface area contributed by atoms with Crippen LogP contribution >= 0.6 is 0 Å². The third kappa shape index (κ3) is 9.45. The smallest absolute Gasteiger partial charge is 0.412 e. The number of nitrogens with one attached hydrogen (secondary N) is 1. The average molecular weight is 498 g/mol. The molecule has 1 aliphatic heterocycles. The molecule has 1 unspecified atom stereocenters. The molecule has 1 aliphatic carbocycles. The van der Waals surface area contributed by atoms with Gasteiger partial charge in [0.15, 0.2) is 0 Å². The predicted octanol–water partition coefficient (Wildman–Crippen LogP) is 5.40. The molecule has 204 valence electrons. The van der Waals surface area contributed by atoms with Gasteiger partial charge in [-0.15, -0.1) is 0 Å². The zero-order valence-electron chi connectivity index (χ0n) is 23.7. The third-order valence-corrected chi connectivity index (χ3v) is 7.04. The fraction of sp³-hybridized carbons (Fsp3) is 0.926. The van der Waals surface area contributed by atoms with Gasteiger partial charge >= 0.3 is 12.2 Å². The Bertz CT molecular complexity index is 683. The van der Waals surface area contributed by atoms with Crippen LogP contribution in [0.1, 0.15) is 93.4 Å². The fourth-order valence-electron chi connectivity index (χ4n) is 5.23. The normalized spacial score (nSPS) is 24.0. The van der Waals surface area contributed by atoms with Crippen LogP contribution < -0.4 is 5.32 Å². The van der Waals surface area contributed by atoms with Crippen LogP contribution in [0.25, 0.3) is 0 Å². The Morgan fingerprint density at radius 1 is 1.14 bits per heavy atom. The van der Waals surface area contributed by atoms with E-state index >= 15 is 0 Å². The highest BCUT2D eigenvalue weighted by Gasteiger charge is 2.52. The van der Waals surface area contributed by atoms with E-state index in [-0.39, 0.29) is 30.2 Å². The van der Waals surface area contributed by atoms with Gasteiger partial charge < -0.3 is 24.4 Å². The van der Waals surface area contributed by atoms with Crippen LogP contribution in [0.15, 0.2) is 0 Å². The van der Waals surface area contributed by atoms with Crippen molar-refractivity contribution in [2.75, 3.05) is 27.2 Å². The van der Waals surface area contributed by atoms with Crippen molar-refractivity contribution < 1.29 is 23.8 Å². The van der Waals surface area contributed by atoms with Crippen LogP contribution in [-0.4, -0.2) is 78.7 Å². The molecule has 1 saturated heterocycles. The molecule has 0 aromatic heterocycles. The largest absolute Gasteiger partial charge is 0.448 e. The van der Waals surface area contributed by atoms with Gasteiger partial charge in [-0.05, 0) is 73.4 Å². The summed E-state index contributed by atoms with van der Waals surface area (Å²) in [5.41, 5.74) is -1.38. The molecule has 1 N–H and O–H groups in total. The van der Waals surface area contributed by atoms with Crippen LogP contribution in [0.4, 0.5) is 9.59 Å². The minimum absolute atomic E-state index is 0.101. The van der Waals surface area contributed by atoms with Gasteiger partial charge in [0.25, 0.3) is 0 Å². The van der Waals surface area contributed by atoms with E-state index in [2.05, 4.69) is 19.2 Å². The molecule has 8 nitrogen and oxygen atoms in total. The second-order valence-corrected chi connectivity index (χ2v) is 12.4. The molecule has 0 radical (unpaired) electrons. The molecule has 0 bridgehead atoms. The molecule has 8 heteroatoms. The molecular formula is C27H51N3O5. The number of nitrogens with zero attached hydrogens (tertiary/aromatic N) is 2. The molecule has 35 heavy (non-hydrogen) atoms. The van der Waals surface area contributed by atoms with Crippen molar-refractivity contribution >= 4 is 12.2 Å². The van der Waals surface area contributed by atoms with Crippen molar-refractivity contribution in [1.29, 1.82) is 0 Å². The number of amides is 2. The van der Waals surface area contributed by atoms with E-state index in [0.717, 1.165) is 6.42 Å². The van der Waals surface area contributed by atoms with Crippen molar-refractivity contribution in [3.05, 3.63) is 0 Å². The highest BCUT2D eigenvalue weighted by atomic mass is 16.6. The minimum Gasteiger partial charge on any atom is -0.448 e. The first-order chi connectivity index (χ1) is 16.2. The quantitative estimate of drug-likeness (QED) is 0.459. The van der Waals surface area contributed by atoms with Gasteiger partial charge in [0.05, 0.1) is 12.1 Å². The summed E-state index contributed by atoms with van der Waals surface area (Å²) in [6.07, 6.45) is 6.73. The molecule has 2 rings (SSSR count). The summed E-state index contributed by atoms with van der Waals surface area (Å²) in [7, 11) is 3.89. The van der Waals surface area contributed by atoms with E-state index in [1.54, 1.807) is 0 Å². The number of rotatable bonds is 9. The lowest BCUT2D eigenvalue weighted by atomic mass is 9.82. The summed E-state index contributed by atoms with van der Waals surface area (Å²) in [6, 6.07) is -0.231. The molecular weight excluding hydrogens is 446 g/mol. The Labute approximate surface area is 213 Å². The van der Waals surface area contributed by atoms with E-state index in [1.165, 1.54) is 32.1 Å². The predicted molar refractivity (Wildman–Crippen MR) is 138 cm³/mol. The molecule has 1 heterocycles. The summed E-state index contributed by atoms with van der Waals surface area (Å²) in [5, 5.41) is 3.06. The van der Waals surface area contributed by atoms with Crippen LogP contribution in [0, 0.1) is 11.8 Å². The highest BCUT2D eigenvalue weighted by molar-refractivity contribution is 5.70. The monoisotopic (exact) mass is 497 g/mol. The number of hydrogen-bond donors (Lipinski definition) is 1. The van der Waals surface area contributed by atoms with Crippen molar-refractivity contribution in [1.82, 2.24) is 15.1 Å². The Kier molecular flexibility index (Phi) is 10.7. The third-order valence-electron chi connectivity index (χ3n) is 7.04. The van der Waals surface area contributed by atoms with Crippen LogP contribution in [0.5, 0.6) is 0 Å². The van der Waals surface area contributed by atoms with E-state index in [1.807, 2.05) is 58.5 Å². The number of hydrogen-bond acceptors (Lipinski definition) is 6. The Morgan fingerprint density at radius 2 is 1.77 bits per heavy atom. The Morgan fingerprint density at radius 3 is 2.31 bits per heavy atom. The highest BCUT2D eigenvalue weighted by Crippen LogP contribution is 2.41. The molecule has 0 spiro atoms. The Balaban J connectivity index is 2.20. The first-order valence-corrected chi connectivity index (χ1v) is 13.5. The molecule has 2 amide bonds. The summed E-state index contributed by atoms with van der Waals surface area (Å²) in [6.45, 7) is 14.8. The number of alkyl carbamates (subject to hydrolysis) is 1.